The number of hydrogen-bond acceptors (Lipinski definition) is 8. The summed E-state index contributed by atoms with van der Waals surface area (Å²) in [6.45, 7) is 4.81. The highest BCUT2D eigenvalue weighted by atomic mass is 16.5. The number of nitrogens with zero attached hydrogens (tertiary/aromatic N) is 4. The first-order chi connectivity index (χ1) is 23.6. The number of amides is 4. The van der Waals surface area contributed by atoms with Gasteiger partial charge in [-0.05, 0) is 68.0 Å². The van der Waals surface area contributed by atoms with Gasteiger partial charge in [-0.15, -0.1) is 0 Å². The molecule has 2 aromatic heterocycles. The summed E-state index contributed by atoms with van der Waals surface area (Å²) in [5.41, 5.74) is 4.80. The maximum atomic E-state index is 13.5. The molecular weight excluding hydrogens is 628 g/mol. The SMILES string of the molecule is COC(=O)NCC(=O)N1CCC[C@H]1c1nc2ccc(C#Cc3ccc4nc([C@@H]5CCCN5C(=O)C(NC(=O)OC)C(C)C)[nH]c4c3)cc2[nH]1. The van der Waals surface area contributed by atoms with Gasteiger partial charge >= 0.3 is 12.2 Å². The number of rotatable bonds is 7. The number of aromatic amines is 2. The van der Waals surface area contributed by atoms with Gasteiger partial charge in [0.1, 0.15) is 24.2 Å². The van der Waals surface area contributed by atoms with E-state index < -0.39 is 18.2 Å². The number of benzene rings is 2. The Morgan fingerprint density at radius 3 is 1.90 bits per heavy atom. The van der Waals surface area contributed by atoms with Crippen molar-refractivity contribution < 1.29 is 28.7 Å². The van der Waals surface area contributed by atoms with Gasteiger partial charge in [-0.1, -0.05) is 25.7 Å². The molecule has 14 heteroatoms. The van der Waals surface area contributed by atoms with Crippen molar-refractivity contribution in [2.75, 3.05) is 33.9 Å². The molecule has 2 aromatic carbocycles. The highest BCUT2D eigenvalue weighted by Crippen LogP contribution is 2.33. The first-order valence-electron chi connectivity index (χ1n) is 16.4. The summed E-state index contributed by atoms with van der Waals surface area (Å²) in [6, 6.07) is 10.4. The van der Waals surface area contributed by atoms with Crippen molar-refractivity contribution in [1.29, 1.82) is 0 Å². The Balaban J connectivity index is 1.16. The zero-order valence-corrected chi connectivity index (χ0v) is 28.0. The molecule has 4 heterocycles. The first kappa shape index (κ1) is 33.3. The van der Waals surface area contributed by atoms with E-state index in [0.29, 0.717) is 24.7 Å². The predicted octanol–water partition coefficient (Wildman–Crippen LogP) is 3.90. The van der Waals surface area contributed by atoms with Gasteiger partial charge in [-0.3, -0.25) is 9.59 Å². The van der Waals surface area contributed by atoms with E-state index in [0.717, 1.165) is 58.9 Å². The molecule has 2 fully saturated rings. The zero-order chi connectivity index (χ0) is 34.7. The van der Waals surface area contributed by atoms with E-state index in [1.165, 1.54) is 14.2 Å². The van der Waals surface area contributed by atoms with Crippen molar-refractivity contribution in [3.63, 3.8) is 0 Å². The molecule has 4 amide bonds. The second-order valence-corrected chi connectivity index (χ2v) is 12.6. The summed E-state index contributed by atoms with van der Waals surface area (Å²) >= 11 is 0. The van der Waals surface area contributed by atoms with Crippen molar-refractivity contribution >= 4 is 46.1 Å². The van der Waals surface area contributed by atoms with Gasteiger partial charge in [-0.25, -0.2) is 19.6 Å². The minimum atomic E-state index is -0.699. The van der Waals surface area contributed by atoms with Gasteiger partial charge in [-0.2, -0.15) is 0 Å². The molecule has 0 bridgehead atoms. The van der Waals surface area contributed by atoms with E-state index in [4.69, 9.17) is 14.7 Å². The third kappa shape index (κ3) is 7.15. The number of H-pyrrole nitrogens is 2. The number of aromatic nitrogens is 4. The lowest BCUT2D eigenvalue weighted by Gasteiger charge is -2.29. The molecule has 2 saturated heterocycles. The summed E-state index contributed by atoms with van der Waals surface area (Å²) in [4.78, 5) is 69.5. The summed E-state index contributed by atoms with van der Waals surface area (Å²) in [5.74, 6) is 7.42. The van der Waals surface area contributed by atoms with Crippen LogP contribution in [0.15, 0.2) is 36.4 Å². The van der Waals surface area contributed by atoms with Crippen LogP contribution in [0.25, 0.3) is 22.1 Å². The fourth-order valence-corrected chi connectivity index (χ4v) is 6.54. The lowest BCUT2D eigenvalue weighted by Crippen LogP contribution is -2.51. The van der Waals surface area contributed by atoms with Gasteiger partial charge in [0.05, 0.1) is 48.4 Å². The molecule has 2 aliphatic heterocycles. The average molecular weight is 669 g/mol. The van der Waals surface area contributed by atoms with Crippen LogP contribution < -0.4 is 10.6 Å². The topological polar surface area (TPSA) is 175 Å². The number of alkyl carbamates (subject to hydrolysis) is 2. The van der Waals surface area contributed by atoms with Gasteiger partial charge in [0.25, 0.3) is 0 Å². The summed E-state index contributed by atoms with van der Waals surface area (Å²) in [7, 11) is 2.54. The number of methoxy groups -OCH3 is 2. The molecular formula is C35H40N8O6. The predicted molar refractivity (Wildman–Crippen MR) is 180 cm³/mol. The monoisotopic (exact) mass is 668 g/mol. The molecule has 49 heavy (non-hydrogen) atoms. The lowest BCUT2D eigenvalue weighted by molar-refractivity contribution is -0.135. The number of fused-ring (bicyclic) bond motifs is 2. The molecule has 0 saturated carbocycles. The van der Waals surface area contributed by atoms with E-state index in [9.17, 15) is 19.2 Å². The Morgan fingerprint density at radius 2 is 1.37 bits per heavy atom. The van der Waals surface area contributed by atoms with Crippen LogP contribution in [-0.4, -0.2) is 93.6 Å². The molecule has 2 aliphatic rings. The lowest BCUT2D eigenvalue weighted by atomic mass is 10.0. The number of hydrogen-bond donors (Lipinski definition) is 4. The number of carbonyl (C=O) groups is 4. The van der Waals surface area contributed by atoms with Crippen LogP contribution >= 0.6 is 0 Å². The highest BCUT2D eigenvalue weighted by Gasteiger charge is 2.37. The molecule has 4 aromatic rings. The summed E-state index contributed by atoms with van der Waals surface area (Å²) in [6.07, 6.45) is 1.93. The Hall–Kier alpha value is -5.58. The average Bonchev–Trinajstić information content (AvgIpc) is 3.92. The van der Waals surface area contributed by atoms with Gasteiger partial charge in [0, 0.05) is 24.2 Å². The Bertz CT molecular complexity index is 1960. The number of nitrogens with one attached hydrogen (secondary N) is 4. The van der Waals surface area contributed by atoms with E-state index in [2.05, 4.69) is 37.2 Å². The largest absolute Gasteiger partial charge is 0.453 e. The van der Waals surface area contributed by atoms with E-state index in [1.807, 2.05) is 50.2 Å². The fourth-order valence-electron chi connectivity index (χ4n) is 6.54. The van der Waals surface area contributed by atoms with Gasteiger partial charge < -0.3 is 39.9 Å². The summed E-state index contributed by atoms with van der Waals surface area (Å²) in [5, 5.41) is 5.13. The Kier molecular flexibility index (Phi) is 9.70. The Morgan fingerprint density at radius 1 is 0.837 bits per heavy atom. The van der Waals surface area contributed by atoms with Crippen LogP contribution in [-0.2, 0) is 19.1 Å². The van der Waals surface area contributed by atoms with Crippen LogP contribution in [0, 0.1) is 17.8 Å². The number of carbonyl (C=O) groups excluding carboxylic acids is 4. The van der Waals surface area contributed by atoms with Crippen molar-refractivity contribution in [1.82, 2.24) is 40.4 Å². The minimum Gasteiger partial charge on any atom is -0.453 e. The molecule has 0 spiro atoms. The smallest absolute Gasteiger partial charge is 0.407 e. The summed E-state index contributed by atoms with van der Waals surface area (Å²) < 4.78 is 9.31. The molecule has 256 valence electrons. The first-order valence-corrected chi connectivity index (χ1v) is 16.4. The molecule has 4 N–H and O–H groups in total. The number of imidazole rings is 2. The third-order valence-corrected chi connectivity index (χ3v) is 9.05. The third-order valence-electron chi connectivity index (χ3n) is 9.05. The standard InChI is InChI=1S/C35H40N8O6/c1-20(2)30(41-35(47)49-4)33(45)43-16-6-8-28(43)32-38-24-14-12-22(18-26(24)40-32)10-9-21-11-13-23-25(17-21)39-31(37-23)27-7-5-15-42(27)29(44)19-36-34(46)48-3/h11-14,17-18,20,27-28,30H,5-8,15-16,19H2,1-4H3,(H,36,46)(H,37,39)(H,38,40)(H,41,47)/t27-,28-,30?/m0/s1. The maximum Gasteiger partial charge on any atom is 0.407 e. The minimum absolute atomic E-state index is 0.114. The normalized spacial score (nSPS) is 18.0. The van der Waals surface area contributed by atoms with Crippen molar-refractivity contribution in [2.45, 2.75) is 57.7 Å². The van der Waals surface area contributed by atoms with Gasteiger partial charge in [0.2, 0.25) is 11.8 Å². The van der Waals surface area contributed by atoms with Gasteiger partial charge in [0.15, 0.2) is 0 Å². The zero-order valence-electron chi connectivity index (χ0n) is 28.0. The van der Waals surface area contributed by atoms with Crippen molar-refractivity contribution in [3.8, 4) is 11.8 Å². The van der Waals surface area contributed by atoms with Crippen LogP contribution in [0.1, 0.15) is 74.4 Å². The molecule has 3 atom stereocenters. The van der Waals surface area contributed by atoms with Crippen molar-refractivity contribution in [2.24, 2.45) is 5.92 Å². The molecule has 0 radical (unpaired) electrons. The van der Waals surface area contributed by atoms with Crippen LogP contribution in [0.3, 0.4) is 0 Å². The van der Waals surface area contributed by atoms with E-state index >= 15 is 0 Å². The second kappa shape index (κ2) is 14.3. The Labute approximate surface area is 283 Å². The van der Waals surface area contributed by atoms with E-state index in [-0.39, 0.29) is 36.4 Å². The fraction of sp³-hybridized carbons (Fsp3) is 0.429. The van der Waals surface area contributed by atoms with Crippen molar-refractivity contribution in [3.05, 3.63) is 59.2 Å². The molecule has 6 rings (SSSR count). The van der Waals surface area contributed by atoms with E-state index in [1.54, 1.807) is 9.80 Å². The maximum absolute atomic E-state index is 13.5. The van der Waals surface area contributed by atoms with Crippen LogP contribution in [0.4, 0.5) is 9.59 Å². The molecule has 14 nitrogen and oxygen atoms in total. The van der Waals surface area contributed by atoms with Crippen LogP contribution in [0.2, 0.25) is 0 Å². The van der Waals surface area contributed by atoms with Crippen LogP contribution in [0.5, 0.6) is 0 Å². The number of likely N-dealkylation sites (tertiary alicyclic amines) is 2. The molecule has 0 aliphatic carbocycles. The quantitative estimate of drug-likeness (QED) is 0.215. The second-order valence-electron chi connectivity index (χ2n) is 12.6. The highest BCUT2D eigenvalue weighted by molar-refractivity contribution is 5.87. The number of ether oxygens (including phenoxy) is 2. The molecule has 1 unspecified atom stereocenters.